The molecular formula is C16H20N4O3S. The maximum Gasteiger partial charge on any atom is 0.346 e. The highest BCUT2D eigenvalue weighted by atomic mass is 32.1. The second-order valence-corrected chi connectivity index (χ2v) is 7.27. The van der Waals surface area contributed by atoms with Crippen molar-refractivity contribution < 1.29 is 14.6 Å². The van der Waals surface area contributed by atoms with E-state index in [4.69, 9.17) is 4.74 Å². The highest BCUT2D eigenvalue weighted by molar-refractivity contribution is 7.20. The topological polar surface area (TPSA) is 78.8 Å². The van der Waals surface area contributed by atoms with E-state index in [-0.39, 0.29) is 0 Å². The van der Waals surface area contributed by atoms with E-state index in [1.807, 2.05) is 6.92 Å². The fourth-order valence-corrected chi connectivity index (χ4v) is 4.65. The smallest absolute Gasteiger partial charge is 0.346 e. The SMILES string of the molecule is Cc1c(C(=O)O)sc2ncnc(N3CC[C@@H](N4CCOCC4)C3)c12. The van der Waals surface area contributed by atoms with E-state index in [9.17, 15) is 9.90 Å². The molecule has 2 aromatic rings. The molecule has 7 nitrogen and oxygen atoms in total. The van der Waals surface area contributed by atoms with E-state index in [0.29, 0.717) is 10.9 Å². The van der Waals surface area contributed by atoms with Gasteiger partial charge in [-0.3, -0.25) is 4.90 Å². The molecule has 0 unspecified atom stereocenters. The summed E-state index contributed by atoms with van der Waals surface area (Å²) >= 11 is 1.23. The molecule has 24 heavy (non-hydrogen) atoms. The zero-order valence-corrected chi connectivity index (χ0v) is 14.4. The quantitative estimate of drug-likeness (QED) is 0.903. The lowest BCUT2D eigenvalue weighted by Gasteiger charge is -2.32. The van der Waals surface area contributed by atoms with Crippen LogP contribution in [-0.4, -0.2) is 71.4 Å². The maximum atomic E-state index is 11.4. The number of fused-ring (bicyclic) bond motifs is 1. The van der Waals surface area contributed by atoms with Gasteiger partial charge in [-0.05, 0) is 18.9 Å². The lowest BCUT2D eigenvalue weighted by atomic mass is 10.2. The first-order valence-corrected chi connectivity index (χ1v) is 9.01. The van der Waals surface area contributed by atoms with E-state index in [1.165, 1.54) is 11.3 Å². The van der Waals surface area contributed by atoms with Gasteiger partial charge in [0.05, 0.1) is 18.6 Å². The van der Waals surface area contributed by atoms with Crippen molar-refractivity contribution in [2.75, 3.05) is 44.3 Å². The van der Waals surface area contributed by atoms with Crippen LogP contribution in [0.4, 0.5) is 5.82 Å². The molecule has 0 spiro atoms. The van der Waals surface area contributed by atoms with Gasteiger partial charge in [-0.15, -0.1) is 11.3 Å². The number of anilines is 1. The molecule has 0 aromatic carbocycles. The number of aryl methyl sites for hydroxylation is 1. The summed E-state index contributed by atoms with van der Waals surface area (Å²) in [6.45, 7) is 7.29. The Morgan fingerprint density at radius 1 is 1.33 bits per heavy atom. The number of hydrogen-bond acceptors (Lipinski definition) is 7. The minimum atomic E-state index is -0.894. The zero-order chi connectivity index (χ0) is 16.7. The Hall–Kier alpha value is -1.77. The molecule has 0 saturated carbocycles. The van der Waals surface area contributed by atoms with Gasteiger partial charge in [0.15, 0.2) is 0 Å². The van der Waals surface area contributed by atoms with Gasteiger partial charge in [-0.2, -0.15) is 0 Å². The van der Waals surface area contributed by atoms with Crippen molar-refractivity contribution in [3.8, 4) is 0 Å². The van der Waals surface area contributed by atoms with Gasteiger partial charge < -0.3 is 14.7 Å². The Bertz CT molecular complexity index is 772. The van der Waals surface area contributed by atoms with E-state index >= 15 is 0 Å². The minimum Gasteiger partial charge on any atom is -0.477 e. The van der Waals surface area contributed by atoms with Crippen LogP contribution in [0.2, 0.25) is 0 Å². The molecule has 128 valence electrons. The first-order chi connectivity index (χ1) is 11.6. The third-order valence-electron chi connectivity index (χ3n) is 4.93. The van der Waals surface area contributed by atoms with Crippen LogP contribution in [0.5, 0.6) is 0 Å². The molecular weight excluding hydrogens is 328 g/mol. The van der Waals surface area contributed by atoms with Crippen LogP contribution in [-0.2, 0) is 4.74 Å². The first-order valence-electron chi connectivity index (χ1n) is 8.19. The van der Waals surface area contributed by atoms with E-state index in [2.05, 4.69) is 19.8 Å². The Morgan fingerprint density at radius 2 is 2.12 bits per heavy atom. The van der Waals surface area contributed by atoms with Crippen molar-refractivity contribution in [2.24, 2.45) is 0 Å². The highest BCUT2D eigenvalue weighted by Crippen LogP contribution is 2.36. The number of morpholine rings is 1. The molecule has 0 amide bonds. The van der Waals surface area contributed by atoms with E-state index in [1.54, 1.807) is 6.33 Å². The number of carboxylic acid groups (broad SMARTS) is 1. The first kappa shape index (κ1) is 15.7. The molecule has 2 aromatic heterocycles. The number of aromatic carboxylic acids is 1. The molecule has 4 heterocycles. The van der Waals surface area contributed by atoms with Crippen LogP contribution in [0.3, 0.4) is 0 Å². The average Bonchev–Trinajstić information content (AvgIpc) is 3.21. The van der Waals surface area contributed by atoms with Crippen LogP contribution in [0, 0.1) is 6.92 Å². The number of aromatic nitrogens is 2. The van der Waals surface area contributed by atoms with Crippen molar-refractivity contribution in [2.45, 2.75) is 19.4 Å². The van der Waals surface area contributed by atoms with Gasteiger partial charge in [0.25, 0.3) is 0 Å². The summed E-state index contributed by atoms with van der Waals surface area (Å²) in [7, 11) is 0. The normalized spacial score (nSPS) is 22.4. The van der Waals surface area contributed by atoms with Crippen LogP contribution in [0.15, 0.2) is 6.33 Å². The molecule has 8 heteroatoms. The summed E-state index contributed by atoms with van der Waals surface area (Å²) < 4.78 is 5.44. The van der Waals surface area contributed by atoms with Gasteiger partial charge in [0.2, 0.25) is 0 Å². The summed E-state index contributed by atoms with van der Waals surface area (Å²) in [4.78, 5) is 26.1. The zero-order valence-electron chi connectivity index (χ0n) is 13.6. The van der Waals surface area contributed by atoms with E-state index < -0.39 is 5.97 Å². The standard InChI is InChI=1S/C16H20N4O3S/c1-10-12-14(17-9-18-15(12)24-13(10)16(21)22)20-3-2-11(8-20)19-4-6-23-7-5-19/h9,11H,2-8H2,1H3,(H,21,22)/t11-/m1/s1. The lowest BCUT2D eigenvalue weighted by molar-refractivity contribution is 0.0209. The fourth-order valence-electron chi connectivity index (χ4n) is 3.67. The summed E-state index contributed by atoms with van der Waals surface area (Å²) in [6, 6.07) is 0.511. The van der Waals surface area contributed by atoms with Gasteiger partial charge in [-0.25, -0.2) is 14.8 Å². The molecule has 2 aliphatic heterocycles. The van der Waals surface area contributed by atoms with Crippen molar-refractivity contribution >= 4 is 33.3 Å². The molecule has 2 aliphatic rings. The van der Waals surface area contributed by atoms with Crippen molar-refractivity contribution in [3.63, 3.8) is 0 Å². The molecule has 4 rings (SSSR count). The Balaban J connectivity index is 1.63. The molecule has 1 N–H and O–H groups in total. The summed E-state index contributed by atoms with van der Waals surface area (Å²) in [5, 5.41) is 10.3. The van der Waals surface area contributed by atoms with Crippen molar-refractivity contribution in [3.05, 3.63) is 16.8 Å². The maximum absolute atomic E-state index is 11.4. The average molecular weight is 348 g/mol. The Kier molecular flexibility index (Phi) is 4.11. The Morgan fingerprint density at radius 3 is 2.88 bits per heavy atom. The lowest BCUT2D eigenvalue weighted by Crippen LogP contribution is -2.44. The van der Waals surface area contributed by atoms with Gasteiger partial charge in [-0.1, -0.05) is 0 Å². The number of hydrogen-bond donors (Lipinski definition) is 1. The second kappa shape index (κ2) is 6.27. The van der Waals surface area contributed by atoms with Crippen LogP contribution in [0.25, 0.3) is 10.2 Å². The number of rotatable bonds is 3. The fraction of sp³-hybridized carbons (Fsp3) is 0.562. The minimum absolute atomic E-state index is 0.357. The van der Waals surface area contributed by atoms with Crippen LogP contribution in [0.1, 0.15) is 21.7 Å². The summed E-state index contributed by atoms with van der Waals surface area (Å²) in [5.41, 5.74) is 0.771. The number of carboxylic acids is 1. The third kappa shape index (κ3) is 2.64. The molecule has 2 saturated heterocycles. The monoisotopic (exact) mass is 348 g/mol. The molecule has 2 fully saturated rings. The predicted molar refractivity (Wildman–Crippen MR) is 92.1 cm³/mol. The number of thiophene rings is 1. The van der Waals surface area contributed by atoms with Gasteiger partial charge in [0, 0.05) is 32.2 Å². The summed E-state index contributed by atoms with van der Waals surface area (Å²) in [5.74, 6) is -0.0222. The van der Waals surface area contributed by atoms with E-state index in [0.717, 1.165) is 67.4 Å². The molecule has 0 aliphatic carbocycles. The van der Waals surface area contributed by atoms with Crippen molar-refractivity contribution in [1.29, 1.82) is 0 Å². The largest absolute Gasteiger partial charge is 0.477 e. The molecule has 0 bridgehead atoms. The van der Waals surface area contributed by atoms with Crippen LogP contribution >= 0.6 is 11.3 Å². The molecule has 1 atom stereocenters. The summed E-state index contributed by atoms with van der Waals surface area (Å²) in [6.07, 6.45) is 2.64. The Labute approximate surface area is 143 Å². The third-order valence-corrected chi connectivity index (χ3v) is 6.11. The number of nitrogens with zero attached hydrogens (tertiary/aromatic N) is 4. The van der Waals surface area contributed by atoms with Gasteiger partial charge >= 0.3 is 5.97 Å². The van der Waals surface area contributed by atoms with Crippen LogP contribution < -0.4 is 4.90 Å². The predicted octanol–water partition coefficient (Wildman–Crippen LogP) is 1.61. The number of ether oxygens (including phenoxy) is 1. The number of carbonyl (C=O) groups is 1. The van der Waals surface area contributed by atoms with Crippen molar-refractivity contribution in [1.82, 2.24) is 14.9 Å². The van der Waals surface area contributed by atoms with Gasteiger partial charge in [0.1, 0.15) is 21.9 Å². The second-order valence-electron chi connectivity index (χ2n) is 6.28. The highest BCUT2D eigenvalue weighted by Gasteiger charge is 2.31. The molecule has 0 radical (unpaired) electrons.